The molecule has 0 radical (unpaired) electrons. The maximum Gasteiger partial charge on any atom is 0.314 e. The fourth-order valence-corrected chi connectivity index (χ4v) is 3.05. The number of carbonyl (C=O) groups excluding carboxylic acids is 1. The minimum atomic E-state index is -0.133. The number of benzene rings is 2. The Morgan fingerprint density at radius 2 is 1.78 bits per heavy atom. The summed E-state index contributed by atoms with van der Waals surface area (Å²) in [4.78, 5) is 20.1. The predicted molar refractivity (Wildman–Crippen MR) is 108 cm³/mol. The summed E-state index contributed by atoms with van der Waals surface area (Å²) >= 11 is 0. The lowest BCUT2D eigenvalue weighted by atomic mass is 10.00. The number of nitrogens with one attached hydrogen (secondary N) is 1. The Labute approximate surface area is 160 Å². The molecule has 0 saturated carbocycles. The molecular weight excluding hydrogens is 336 g/mol. The van der Waals surface area contributed by atoms with Crippen molar-refractivity contribution in [1.29, 1.82) is 0 Å². The Hall–Kier alpha value is -2.88. The van der Waals surface area contributed by atoms with Gasteiger partial charge >= 0.3 is 5.97 Å². The van der Waals surface area contributed by atoms with Crippen LogP contribution in [0.3, 0.4) is 0 Å². The van der Waals surface area contributed by atoms with Gasteiger partial charge in [-0.25, -0.2) is 4.98 Å². The molecule has 0 saturated heterocycles. The second kappa shape index (κ2) is 9.17. The molecule has 4 nitrogen and oxygen atoms in total. The van der Waals surface area contributed by atoms with Gasteiger partial charge in [0.2, 0.25) is 0 Å². The predicted octanol–water partition coefficient (Wildman–Crippen LogP) is 5.87. The average Bonchev–Trinajstić information content (AvgIpc) is 3.20. The van der Waals surface area contributed by atoms with Crippen molar-refractivity contribution in [2.24, 2.45) is 5.92 Å². The maximum absolute atomic E-state index is 12.3. The topological polar surface area (TPSA) is 55.0 Å². The number of unbranched alkanes of at least 4 members (excludes halogenated alkanes) is 1. The van der Waals surface area contributed by atoms with E-state index >= 15 is 0 Å². The first-order valence-corrected chi connectivity index (χ1v) is 9.63. The van der Waals surface area contributed by atoms with Crippen molar-refractivity contribution >= 4 is 5.97 Å². The molecule has 0 aliphatic rings. The molecule has 2 aromatic carbocycles. The number of imidazole rings is 1. The molecule has 1 aromatic heterocycles. The third-order valence-corrected chi connectivity index (χ3v) is 4.74. The van der Waals surface area contributed by atoms with Gasteiger partial charge in [0.05, 0.1) is 17.8 Å². The van der Waals surface area contributed by atoms with Crippen LogP contribution in [0.15, 0.2) is 60.8 Å². The fourth-order valence-electron chi connectivity index (χ4n) is 3.05. The van der Waals surface area contributed by atoms with Gasteiger partial charge in [-0.05, 0) is 42.7 Å². The zero-order chi connectivity index (χ0) is 19.1. The lowest BCUT2D eigenvalue weighted by Gasteiger charge is -2.13. The van der Waals surface area contributed by atoms with Gasteiger partial charge in [-0.1, -0.05) is 57.0 Å². The van der Waals surface area contributed by atoms with Gasteiger partial charge in [-0.15, -0.1) is 0 Å². The zero-order valence-corrected chi connectivity index (χ0v) is 15.9. The lowest BCUT2D eigenvalue weighted by Crippen LogP contribution is -2.19. The van der Waals surface area contributed by atoms with Gasteiger partial charge in [-0.2, -0.15) is 0 Å². The first-order valence-electron chi connectivity index (χ1n) is 9.63. The van der Waals surface area contributed by atoms with Crippen LogP contribution in [0.1, 0.15) is 39.5 Å². The van der Waals surface area contributed by atoms with E-state index in [1.807, 2.05) is 67.7 Å². The highest BCUT2D eigenvalue weighted by molar-refractivity contribution is 5.75. The number of aromatic nitrogens is 2. The van der Waals surface area contributed by atoms with Crippen LogP contribution in [0, 0.1) is 5.92 Å². The van der Waals surface area contributed by atoms with E-state index in [0.717, 1.165) is 48.3 Å². The van der Waals surface area contributed by atoms with E-state index in [4.69, 9.17) is 4.74 Å². The maximum atomic E-state index is 12.3. The number of H-pyrrole nitrogens is 1. The van der Waals surface area contributed by atoms with E-state index in [-0.39, 0.29) is 11.9 Å². The van der Waals surface area contributed by atoms with Gasteiger partial charge in [-0.3, -0.25) is 4.79 Å². The first kappa shape index (κ1) is 18.9. The largest absolute Gasteiger partial charge is 0.426 e. The van der Waals surface area contributed by atoms with E-state index in [1.54, 1.807) is 0 Å². The Morgan fingerprint density at radius 1 is 1.04 bits per heavy atom. The summed E-state index contributed by atoms with van der Waals surface area (Å²) < 4.78 is 5.57. The van der Waals surface area contributed by atoms with E-state index in [2.05, 4.69) is 16.9 Å². The van der Waals surface area contributed by atoms with Crippen molar-refractivity contribution in [3.8, 4) is 28.4 Å². The molecule has 140 valence electrons. The molecule has 3 aromatic rings. The minimum absolute atomic E-state index is 0.0225. The second-order valence-electron chi connectivity index (χ2n) is 6.70. The van der Waals surface area contributed by atoms with Crippen molar-refractivity contribution in [1.82, 2.24) is 9.97 Å². The standard InChI is InChI=1S/C23H26N2O2/c1-3-5-9-17(4-2)23(26)27-20-14-12-18(13-15-20)21-16-24-22(25-21)19-10-7-6-8-11-19/h6-8,10-17H,3-5,9H2,1-2H3,(H,24,25). The molecule has 27 heavy (non-hydrogen) atoms. The summed E-state index contributed by atoms with van der Waals surface area (Å²) in [6, 6.07) is 17.6. The highest BCUT2D eigenvalue weighted by Crippen LogP contribution is 2.25. The van der Waals surface area contributed by atoms with Crippen molar-refractivity contribution in [2.45, 2.75) is 39.5 Å². The Kier molecular flexibility index (Phi) is 6.42. The van der Waals surface area contributed by atoms with Crippen LogP contribution in [-0.2, 0) is 4.79 Å². The summed E-state index contributed by atoms with van der Waals surface area (Å²) in [6.45, 7) is 4.17. The van der Waals surface area contributed by atoms with E-state index in [0.29, 0.717) is 5.75 Å². The summed E-state index contributed by atoms with van der Waals surface area (Å²) in [5.41, 5.74) is 2.98. The van der Waals surface area contributed by atoms with E-state index in [1.165, 1.54) is 0 Å². The molecule has 0 amide bonds. The molecule has 3 rings (SSSR count). The SMILES string of the molecule is CCCCC(CC)C(=O)Oc1ccc(-c2cnc(-c3ccccc3)[nH]2)cc1. The Bertz CT molecular complexity index is 854. The summed E-state index contributed by atoms with van der Waals surface area (Å²) in [6.07, 6.45) is 5.67. The van der Waals surface area contributed by atoms with Gasteiger partial charge in [0.1, 0.15) is 11.6 Å². The number of rotatable bonds is 8. The minimum Gasteiger partial charge on any atom is -0.426 e. The molecule has 0 spiro atoms. The van der Waals surface area contributed by atoms with Crippen LogP contribution in [0.25, 0.3) is 22.6 Å². The summed E-state index contributed by atoms with van der Waals surface area (Å²) in [5, 5.41) is 0. The van der Waals surface area contributed by atoms with Crippen molar-refractivity contribution in [3.63, 3.8) is 0 Å². The molecular formula is C23H26N2O2. The highest BCUT2D eigenvalue weighted by Gasteiger charge is 2.18. The van der Waals surface area contributed by atoms with Gasteiger partial charge in [0.25, 0.3) is 0 Å². The monoisotopic (exact) mass is 362 g/mol. The van der Waals surface area contributed by atoms with Crippen molar-refractivity contribution in [3.05, 3.63) is 60.8 Å². The van der Waals surface area contributed by atoms with E-state index in [9.17, 15) is 4.79 Å². The van der Waals surface area contributed by atoms with Crippen LogP contribution in [0.2, 0.25) is 0 Å². The number of esters is 1. The number of hydrogen-bond donors (Lipinski definition) is 1. The molecule has 0 bridgehead atoms. The zero-order valence-electron chi connectivity index (χ0n) is 15.9. The molecule has 1 heterocycles. The van der Waals surface area contributed by atoms with Crippen LogP contribution in [-0.4, -0.2) is 15.9 Å². The number of ether oxygens (including phenoxy) is 1. The molecule has 4 heteroatoms. The molecule has 0 aliphatic heterocycles. The van der Waals surface area contributed by atoms with Gasteiger partial charge < -0.3 is 9.72 Å². The average molecular weight is 362 g/mol. The number of aromatic amines is 1. The highest BCUT2D eigenvalue weighted by atomic mass is 16.5. The van der Waals surface area contributed by atoms with Crippen LogP contribution < -0.4 is 4.74 Å². The Balaban J connectivity index is 1.67. The second-order valence-corrected chi connectivity index (χ2v) is 6.70. The first-order chi connectivity index (χ1) is 13.2. The van der Waals surface area contributed by atoms with Crippen molar-refractivity contribution in [2.75, 3.05) is 0 Å². The number of hydrogen-bond acceptors (Lipinski definition) is 3. The molecule has 1 unspecified atom stereocenters. The van der Waals surface area contributed by atoms with Crippen LogP contribution >= 0.6 is 0 Å². The van der Waals surface area contributed by atoms with Crippen LogP contribution in [0.4, 0.5) is 0 Å². The smallest absolute Gasteiger partial charge is 0.314 e. The summed E-state index contributed by atoms with van der Waals surface area (Å²) in [5.74, 6) is 1.27. The fraction of sp³-hybridized carbons (Fsp3) is 0.304. The lowest BCUT2D eigenvalue weighted by molar-refractivity contribution is -0.139. The Morgan fingerprint density at radius 3 is 2.44 bits per heavy atom. The summed E-state index contributed by atoms with van der Waals surface area (Å²) in [7, 11) is 0. The van der Waals surface area contributed by atoms with E-state index < -0.39 is 0 Å². The third kappa shape index (κ3) is 4.85. The van der Waals surface area contributed by atoms with Crippen molar-refractivity contribution < 1.29 is 9.53 Å². The molecule has 0 aliphatic carbocycles. The molecule has 1 N–H and O–H groups in total. The van der Waals surface area contributed by atoms with Gasteiger partial charge in [0, 0.05) is 5.56 Å². The van der Waals surface area contributed by atoms with Crippen LogP contribution in [0.5, 0.6) is 5.75 Å². The quantitative estimate of drug-likeness (QED) is 0.403. The van der Waals surface area contributed by atoms with Gasteiger partial charge in [0.15, 0.2) is 0 Å². The normalized spacial score (nSPS) is 11.9. The number of nitrogens with zero attached hydrogens (tertiary/aromatic N) is 1. The molecule has 0 fully saturated rings. The molecule has 1 atom stereocenters. The number of carbonyl (C=O) groups is 1. The third-order valence-electron chi connectivity index (χ3n) is 4.74.